The van der Waals surface area contributed by atoms with Gasteiger partial charge in [0.05, 0.1) is 0 Å². The first-order valence-corrected chi connectivity index (χ1v) is 6.83. The average molecular weight is 251 g/mol. The number of anilines is 1. The highest BCUT2D eigenvalue weighted by molar-refractivity contribution is 5.76. The number of allylic oxidation sites excluding steroid dienone is 1. The Morgan fingerprint density at radius 3 is 2.11 bits per heavy atom. The zero-order valence-corrected chi connectivity index (χ0v) is 11.6. The van der Waals surface area contributed by atoms with Crippen LogP contribution in [0.4, 0.5) is 5.69 Å². The van der Waals surface area contributed by atoms with Crippen molar-refractivity contribution in [3.63, 3.8) is 0 Å². The zero-order chi connectivity index (χ0) is 13.5. The summed E-state index contributed by atoms with van der Waals surface area (Å²) in [5.74, 6) is 0.663. The lowest BCUT2D eigenvalue weighted by Gasteiger charge is -2.12. The summed E-state index contributed by atoms with van der Waals surface area (Å²) in [5.41, 5.74) is 3.54. The first-order valence-electron chi connectivity index (χ1n) is 6.83. The Balaban J connectivity index is 2.22. The van der Waals surface area contributed by atoms with E-state index in [4.69, 9.17) is 0 Å². The van der Waals surface area contributed by atoms with Crippen molar-refractivity contribution >= 4 is 11.4 Å². The van der Waals surface area contributed by atoms with E-state index in [-0.39, 0.29) is 0 Å². The number of para-hydroxylation sites is 1. The fourth-order valence-electron chi connectivity index (χ4n) is 1.89. The molecule has 0 amide bonds. The minimum Gasteiger partial charge on any atom is -0.355 e. The number of hydrogen-bond acceptors (Lipinski definition) is 1. The molecule has 0 saturated heterocycles. The van der Waals surface area contributed by atoms with Crippen LogP contribution < -0.4 is 5.32 Å². The van der Waals surface area contributed by atoms with E-state index in [1.54, 1.807) is 0 Å². The SMILES string of the molecule is CC(C)C/C=C(/Nc1ccccc1)c1ccccc1. The summed E-state index contributed by atoms with van der Waals surface area (Å²) in [5, 5.41) is 3.51. The zero-order valence-electron chi connectivity index (χ0n) is 11.6. The van der Waals surface area contributed by atoms with Gasteiger partial charge in [-0.1, -0.05) is 68.5 Å². The molecule has 98 valence electrons. The lowest BCUT2D eigenvalue weighted by Crippen LogP contribution is -1.99. The molecule has 0 atom stereocenters. The van der Waals surface area contributed by atoms with Crippen LogP contribution >= 0.6 is 0 Å². The second kappa shape index (κ2) is 6.79. The fourth-order valence-corrected chi connectivity index (χ4v) is 1.89. The molecule has 0 bridgehead atoms. The fraction of sp³-hybridized carbons (Fsp3) is 0.222. The Labute approximate surface area is 116 Å². The van der Waals surface area contributed by atoms with Crippen molar-refractivity contribution < 1.29 is 0 Å². The van der Waals surface area contributed by atoms with Gasteiger partial charge >= 0.3 is 0 Å². The van der Waals surface area contributed by atoms with Crippen LogP contribution in [0, 0.1) is 5.92 Å². The van der Waals surface area contributed by atoms with Gasteiger partial charge in [-0.15, -0.1) is 0 Å². The summed E-state index contributed by atoms with van der Waals surface area (Å²) < 4.78 is 0. The normalized spacial score (nSPS) is 11.6. The van der Waals surface area contributed by atoms with Gasteiger partial charge in [0.15, 0.2) is 0 Å². The lowest BCUT2D eigenvalue weighted by atomic mass is 10.1. The molecule has 0 aliphatic heterocycles. The van der Waals surface area contributed by atoms with Crippen LogP contribution in [0.5, 0.6) is 0 Å². The third-order valence-electron chi connectivity index (χ3n) is 2.93. The maximum absolute atomic E-state index is 3.51. The maximum Gasteiger partial charge on any atom is 0.0417 e. The summed E-state index contributed by atoms with van der Waals surface area (Å²) in [6, 6.07) is 20.8. The largest absolute Gasteiger partial charge is 0.355 e. The van der Waals surface area contributed by atoms with E-state index in [1.165, 1.54) is 11.3 Å². The van der Waals surface area contributed by atoms with Gasteiger partial charge < -0.3 is 5.32 Å². The van der Waals surface area contributed by atoms with Crippen molar-refractivity contribution in [1.82, 2.24) is 0 Å². The van der Waals surface area contributed by atoms with Gasteiger partial charge in [-0.05, 0) is 30.0 Å². The van der Waals surface area contributed by atoms with Crippen molar-refractivity contribution in [2.24, 2.45) is 5.92 Å². The topological polar surface area (TPSA) is 12.0 Å². The number of hydrogen-bond donors (Lipinski definition) is 1. The molecule has 0 radical (unpaired) electrons. The molecular formula is C18H21N. The maximum atomic E-state index is 3.51. The Bertz CT molecular complexity index is 512. The molecule has 0 saturated carbocycles. The van der Waals surface area contributed by atoms with Gasteiger partial charge in [0.1, 0.15) is 0 Å². The predicted octanol–water partition coefficient (Wildman–Crippen LogP) is 5.19. The van der Waals surface area contributed by atoms with Crippen molar-refractivity contribution in [3.05, 3.63) is 72.3 Å². The van der Waals surface area contributed by atoms with E-state index in [1.807, 2.05) is 24.3 Å². The molecule has 2 aromatic carbocycles. The van der Waals surface area contributed by atoms with Crippen LogP contribution in [0.1, 0.15) is 25.8 Å². The Morgan fingerprint density at radius 2 is 1.53 bits per heavy atom. The average Bonchev–Trinajstić information content (AvgIpc) is 2.45. The second-order valence-electron chi connectivity index (χ2n) is 5.10. The highest BCUT2D eigenvalue weighted by atomic mass is 14.9. The smallest absolute Gasteiger partial charge is 0.0417 e. The molecule has 1 N–H and O–H groups in total. The molecule has 1 nitrogen and oxygen atoms in total. The first kappa shape index (κ1) is 13.4. The van der Waals surface area contributed by atoms with Crippen LogP contribution in [0.25, 0.3) is 5.70 Å². The van der Waals surface area contributed by atoms with Gasteiger partial charge in [0.2, 0.25) is 0 Å². The van der Waals surface area contributed by atoms with Gasteiger partial charge in [-0.3, -0.25) is 0 Å². The third-order valence-corrected chi connectivity index (χ3v) is 2.93. The van der Waals surface area contributed by atoms with Crippen molar-refractivity contribution in [2.75, 3.05) is 5.32 Å². The summed E-state index contributed by atoms with van der Waals surface area (Å²) in [6.07, 6.45) is 3.36. The van der Waals surface area contributed by atoms with E-state index in [2.05, 4.69) is 61.6 Å². The third kappa shape index (κ3) is 4.29. The standard InChI is InChI=1S/C18H21N/c1-15(2)13-14-18(16-9-5-3-6-10-16)19-17-11-7-4-8-12-17/h3-12,14-15,19H,13H2,1-2H3/b18-14+. The van der Waals surface area contributed by atoms with Crippen LogP contribution in [0.2, 0.25) is 0 Å². The Kier molecular flexibility index (Phi) is 4.79. The molecule has 1 heteroatoms. The molecule has 0 heterocycles. The molecular weight excluding hydrogens is 230 g/mol. The van der Waals surface area contributed by atoms with Crippen molar-refractivity contribution in [1.29, 1.82) is 0 Å². The quantitative estimate of drug-likeness (QED) is 0.771. The van der Waals surface area contributed by atoms with Gasteiger partial charge in [-0.2, -0.15) is 0 Å². The van der Waals surface area contributed by atoms with E-state index in [0.717, 1.165) is 12.1 Å². The van der Waals surface area contributed by atoms with Crippen LogP contribution in [0.15, 0.2) is 66.7 Å². The Morgan fingerprint density at radius 1 is 0.947 bits per heavy atom. The number of nitrogens with one attached hydrogen (secondary N) is 1. The van der Waals surface area contributed by atoms with Crippen molar-refractivity contribution in [3.8, 4) is 0 Å². The van der Waals surface area contributed by atoms with Crippen molar-refractivity contribution in [2.45, 2.75) is 20.3 Å². The molecule has 2 aromatic rings. The molecule has 0 aliphatic rings. The molecule has 2 rings (SSSR count). The summed E-state index contributed by atoms with van der Waals surface area (Å²) in [7, 11) is 0. The van der Waals surface area contributed by atoms with E-state index >= 15 is 0 Å². The number of benzene rings is 2. The second-order valence-corrected chi connectivity index (χ2v) is 5.10. The predicted molar refractivity (Wildman–Crippen MR) is 83.9 cm³/mol. The summed E-state index contributed by atoms with van der Waals surface area (Å²) in [4.78, 5) is 0. The highest BCUT2D eigenvalue weighted by Crippen LogP contribution is 2.19. The highest BCUT2D eigenvalue weighted by Gasteiger charge is 2.02. The summed E-state index contributed by atoms with van der Waals surface area (Å²) >= 11 is 0. The monoisotopic (exact) mass is 251 g/mol. The molecule has 0 unspecified atom stereocenters. The number of rotatable bonds is 5. The van der Waals surface area contributed by atoms with Crippen LogP contribution in [0.3, 0.4) is 0 Å². The van der Waals surface area contributed by atoms with E-state index in [9.17, 15) is 0 Å². The lowest BCUT2D eigenvalue weighted by molar-refractivity contribution is 0.664. The summed E-state index contributed by atoms with van der Waals surface area (Å²) in [6.45, 7) is 4.48. The minimum absolute atomic E-state index is 0.663. The molecule has 0 aliphatic carbocycles. The van der Waals surface area contributed by atoms with Crippen LogP contribution in [-0.4, -0.2) is 0 Å². The van der Waals surface area contributed by atoms with E-state index in [0.29, 0.717) is 5.92 Å². The minimum atomic E-state index is 0.663. The molecule has 0 spiro atoms. The van der Waals surface area contributed by atoms with Gasteiger partial charge in [0, 0.05) is 11.4 Å². The van der Waals surface area contributed by atoms with Gasteiger partial charge in [0.25, 0.3) is 0 Å². The molecule has 19 heavy (non-hydrogen) atoms. The van der Waals surface area contributed by atoms with Gasteiger partial charge in [-0.25, -0.2) is 0 Å². The molecule has 0 aromatic heterocycles. The Hall–Kier alpha value is -2.02. The first-order chi connectivity index (χ1) is 9.25. The van der Waals surface area contributed by atoms with E-state index < -0.39 is 0 Å². The van der Waals surface area contributed by atoms with Crippen LogP contribution in [-0.2, 0) is 0 Å². The molecule has 0 fully saturated rings.